The highest BCUT2D eigenvalue weighted by Gasteiger charge is 2.16. The molecule has 1 aromatic carbocycles. The molecule has 2 heteroatoms. The molecule has 0 spiro atoms. The molecule has 116 valence electrons. The summed E-state index contributed by atoms with van der Waals surface area (Å²) in [6, 6.07) is 9.12. The van der Waals surface area contributed by atoms with Gasteiger partial charge < -0.3 is 5.32 Å². The van der Waals surface area contributed by atoms with Gasteiger partial charge in [-0.05, 0) is 49.4 Å². The first-order chi connectivity index (χ1) is 10.4. The zero-order valence-corrected chi connectivity index (χ0v) is 14.0. The van der Waals surface area contributed by atoms with Gasteiger partial charge in [0.05, 0.1) is 0 Å². The highest BCUT2D eigenvalue weighted by Crippen LogP contribution is 2.35. The highest BCUT2D eigenvalue weighted by molar-refractivity contribution is 8.00. The molecule has 0 atom stereocenters. The Bertz CT molecular complexity index is 402. The van der Waals surface area contributed by atoms with E-state index < -0.39 is 0 Å². The van der Waals surface area contributed by atoms with Crippen molar-refractivity contribution in [3.63, 3.8) is 0 Å². The second kappa shape index (κ2) is 8.12. The maximum absolute atomic E-state index is 3.60. The zero-order chi connectivity index (χ0) is 14.3. The van der Waals surface area contributed by atoms with Crippen LogP contribution in [0.3, 0.4) is 0 Å². The predicted octanol–water partition coefficient (Wildman–Crippen LogP) is 6.10. The van der Waals surface area contributed by atoms with Gasteiger partial charge >= 0.3 is 0 Å². The van der Waals surface area contributed by atoms with Crippen LogP contribution in [0.2, 0.25) is 0 Å². The Morgan fingerprint density at radius 2 is 1.52 bits per heavy atom. The Hall–Kier alpha value is -0.630. The van der Waals surface area contributed by atoms with Crippen LogP contribution in [0.15, 0.2) is 29.2 Å². The van der Waals surface area contributed by atoms with E-state index in [1.807, 2.05) is 0 Å². The molecular weight excluding hydrogens is 274 g/mol. The van der Waals surface area contributed by atoms with E-state index in [9.17, 15) is 0 Å². The van der Waals surface area contributed by atoms with Crippen molar-refractivity contribution in [1.29, 1.82) is 0 Å². The molecule has 1 aromatic rings. The Kier molecular flexibility index (Phi) is 5.91. The van der Waals surface area contributed by atoms with Crippen LogP contribution >= 0.6 is 11.8 Å². The third kappa shape index (κ3) is 4.95. The van der Waals surface area contributed by atoms with Crippen LogP contribution in [0.25, 0.3) is 0 Å². The molecule has 3 rings (SSSR count). The molecule has 0 unspecified atom stereocenters. The predicted molar refractivity (Wildman–Crippen MR) is 94.2 cm³/mol. The Morgan fingerprint density at radius 1 is 0.857 bits per heavy atom. The van der Waals surface area contributed by atoms with E-state index in [1.165, 1.54) is 74.8 Å². The van der Waals surface area contributed by atoms with E-state index >= 15 is 0 Å². The number of hydrogen-bond donors (Lipinski definition) is 1. The average molecular weight is 304 g/mol. The van der Waals surface area contributed by atoms with Crippen molar-refractivity contribution in [1.82, 2.24) is 0 Å². The Balaban J connectivity index is 1.39. The first kappa shape index (κ1) is 15.3. The van der Waals surface area contributed by atoms with Gasteiger partial charge in [0, 0.05) is 22.4 Å². The van der Waals surface area contributed by atoms with E-state index in [2.05, 4.69) is 41.3 Å². The summed E-state index contributed by atoms with van der Waals surface area (Å²) >= 11 is 2.08. The molecule has 1 N–H and O–H groups in total. The lowest BCUT2D eigenvalue weighted by Gasteiger charge is -2.21. The van der Waals surface area contributed by atoms with Crippen molar-refractivity contribution >= 4 is 17.4 Å². The summed E-state index contributed by atoms with van der Waals surface area (Å²) in [4.78, 5) is 1.44. The minimum absolute atomic E-state index is 0.870. The topological polar surface area (TPSA) is 12.0 Å². The van der Waals surface area contributed by atoms with Gasteiger partial charge in [0.25, 0.3) is 0 Å². The SMILES string of the molecule is c1cc(SC2CCCC2)ccc1NCCC1CCCCC1. The molecule has 21 heavy (non-hydrogen) atoms. The molecule has 2 aliphatic carbocycles. The smallest absolute Gasteiger partial charge is 0.0340 e. The number of rotatable bonds is 6. The van der Waals surface area contributed by atoms with Gasteiger partial charge in [-0.3, -0.25) is 0 Å². The maximum atomic E-state index is 3.60. The fourth-order valence-electron chi connectivity index (χ4n) is 3.75. The van der Waals surface area contributed by atoms with E-state index in [-0.39, 0.29) is 0 Å². The molecule has 0 radical (unpaired) electrons. The maximum Gasteiger partial charge on any atom is 0.0340 e. The molecule has 0 aromatic heterocycles. The van der Waals surface area contributed by atoms with Gasteiger partial charge in [0.15, 0.2) is 0 Å². The summed E-state index contributed by atoms with van der Waals surface area (Å²) in [6.45, 7) is 1.14. The third-order valence-electron chi connectivity index (χ3n) is 5.07. The van der Waals surface area contributed by atoms with Gasteiger partial charge in [0.2, 0.25) is 0 Å². The Morgan fingerprint density at radius 3 is 2.24 bits per heavy atom. The van der Waals surface area contributed by atoms with Crippen LogP contribution in [-0.4, -0.2) is 11.8 Å². The molecule has 0 saturated heterocycles. The van der Waals surface area contributed by atoms with E-state index in [1.54, 1.807) is 0 Å². The van der Waals surface area contributed by atoms with Crippen molar-refractivity contribution in [2.24, 2.45) is 5.92 Å². The van der Waals surface area contributed by atoms with Crippen molar-refractivity contribution in [3.8, 4) is 0 Å². The van der Waals surface area contributed by atoms with Gasteiger partial charge in [-0.2, -0.15) is 0 Å². The molecule has 2 fully saturated rings. The molecule has 0 heterocycles. The van der Waals surface area contributed by atoms with Crippen molar-refractivity contribution in [2.45, 2.75) is 74.4 Å². The average Bonchev–Trinajstić information content (AvgIpc) is 3.03. The first-order valence-corrected chi connectivity index (χ1v) is 9.79. The standard InChI is InChI=1S/C19H29NS/c1-2-6-16(7-3-1)14-15-20-17-10-12-19(13-11-17)21-18-8-4-5-9-18/h10-13,16,18,20H,1-9,14-15H2. The lowest BCUT2D eigenvalue weighted by atomic mass is 9.87. The molecule has 0 amide bonds. The summed E-state index contributed by atoms with van der Waals surface area (Å²) in [6.07, 6.45) is 14.3. The van der Waals surface area contributed by atoms with Crippen molar-refractivity contribution in [3.05, 3.63) is 24.3 Å². The lowest BCUT2D eigenvalue weighted by Crippen LogP contribution is -2.12. The van der Waals surface area contributed by atoms with Crippen LogP contribution in [0.5, 0.6) is 0 Å². The lowest BCUT2D eigenvalue weighted by molar-refractivity contribution is 0.345. The normalized spacial score (nSPS) is 20.8. The zero-order valence-electron chi connectivity index (χ0n) is 13.2. The molecule has 2 aliphatic rings. The number of benzene rings is 1. The summed E-state index contributed by atoms with van der Waals surface area (Å²) in [5.74, 6) is 0.975. The van der Waals surface area contributed by atoms with E-state index in [4.69, 9.17) is 0 Å². The minimum Gasteiger partial charge on any atom is -0.385 e. The van der Waals surface area contributed by atoms with E-state index in [0.29, 0.717) is 0 Å². The largest absolute Gasteiger partial charge is 0.385 e. The summed E-state index contributed by atoms with van der Waals surface area (Å²) < 4.78 is 0. The van der Waals surface area contributed by atoms with Crippen LogP contribution in [0.4, 0.5) is 5.69 Å². The monoisotopic (exact) mass is 303 g/mol. The number of hydrogen-bond acceptors (Lipinski definition) is 2. The van der Waals surface area contributed by atoms with Crippen LogP contribution in [0.1, 0.15) is 64.2 Å². The van der Waals surface area contributed by atoms with Crippen LogP contribution in [-0.2, 0) is 0 Å². The highest BCUT2D eigenvalue weighted by atomic mass is 32.2. The molecule has 0 bridgehead atoms. The van der Waals surface area contributed by atoms with Crippen LogP contribution in [0, 0.1) is 5.92 Å². The number of nitrogens with one attached hydrogen (secondary N) is 1. The first-order valence-electron chi connectivity index (χ1n) is 8.91. The summed E-state index contributed by atoms with van der Waals surface area (Å²) in [7, 11) is 0. The number of anilines is 1. The summed E-state index contributed by atoms with van der Waals surface area (Å²) in [5.41, 5.74) is 1.29. The third-order valence-corrected chi connectivity index (χ3v) is 6.41. The van der Waals surface area contributed by atoms with E-state index in [0.717, 1.165) is 17.7 Å². The fourth-order valence-corrected chi connectivity index (χ4v) is 4.99. The molecule has 1 nitrogen and oxygen atoms in total. The Labute approximate surface area is 134 Å². The fraction of sp³-hybridized carbons (Fsp3) is 0.684. The number of thioether (sulfide) groups is 1. The van der Waals surface area contributed by atoms with Gasteiger partial charge in [-0.1, -0.05) is 44.9 Å². The second-order valence-electron chi connectivity index (χ2n) is 6.77. The van der Waals surface area contributed by atoms with Gasteiger partial charge in [-0.15, -0.1) is 11.8 Å². The summed E-state index contributed by atoms with van der Waals surface area (Å²) in [5, 5.41) is 4.47. The van der Waals surface area contributed by atoms with Gasteiger partial charge in [0.1, 0.15) is 0 Å². The molecular formula is C19H29NS. The van der Waals surface area contributed by atoms with Gasteiger partial charge in [-0.25, -0.2) is 0 Å². The van der Waals surface area contributed by atoms with Crippen LogP contribution < -0.4 is 5.32 Å². The minimum atomic E-state index is 0.870. The quantitative estimate of drug-likeness (QED) is 0.681. The van der Waals surface area contributed by atoms with Crippen molar-refractivity contribution < 1.29 is 0 Å². The molecule has 2 saturated carbocycles. The molecule has 0 aliphatic heterocycles. The second-order valence-corrected chi connectivity index (χ2v) is 8.14. The van der Waals surface area contributed by atoms with Crippen molar-refractivity contribution in [2.75, 3.05) is 11.9 Å².